The summed E-state index contributed by atoms with van der Waals surface area (Å²) in [6.45, 7) is 1.24. The topological polar surface area (TPSA) is 256 Å². The van der Waals surface area contributed by atoms with Gasteiger partial charge < -0.3 is 39.1 Å². The van der Waals surface area contributed by atoms with Crippen LogP contribution in [0.4, 0.5) is 16.0 Å². The number of aromatic nitrogens is 8. The van der Waals surface area contributed by atoms with Gasteiger partial charge in [0, 0.05) is 17.7 Å². The number of carbonyl (C=O) groups excluding carboxylic acids is 2. The van der Waals surface area contributed by atoms with Gasteiger partial charge in [-0.3, -0.25) is 18.7 Å². The first-order chi connectivity index (χ1) is 39.4. The van der Waals surface area contributed by atoms with Gasteiger partial charge in [-0.15, -0.1) is 0 Å². The van der Waals surface area contributed by atoms with Crippen LogP contribution in [0.25, 0.3) is 22.3 Å². The Bertz CT molecular complexity index is 3800. The molecule has 3 N–H and O–H groups in total. The number of imidazole rings is 2. The van der Waals surface area contributed by atoms with Crippen LogP contribution in [0.2, 0.25) is 0 Å². The summed E-state index contributed by atoms with van der Waals surface area (Å²) in [5.74, 6) is 0.446. The molecule has 8 atom stereocenters. The third-order valence-electron chi connectivity index (χ3n) is 14.8. The molecule has 0 unspecified atom stereocenters. The van der Waals surface area contributed by atoms with E-state index in [-0.39, 0.29) is 47.0 Å². The quantitative estimate of drug-likeness (QED) is 0.0683. The average Bonchev–Trinajstić information content (AvgIpc) is 4.45. The molecule has 3 saturated heterocycles. The van der Waals surface area contributed by atoms with E-state index >= 15 is 4.39 Å². The molecule has 4 aromatic heterocycles. The zero-order valence-electron chi connectivity index (χ0n) is 43.6. The molecule has 9 aromatic rings. The maximum Gasteiger partial charge on any atom is 0.336 e. The highest BCUT2D eigenvalue weighted by Gasteiger charge is 2.64. The molecule has 0 spiro atoms. The molecule has 7 heterocycles. The van der Waals surface area contributed by atoms with Crippen LogP contribution in [0.5, 0.6) is 11.5 Å². The highest BCUT2D eigenvalue weighted by Crippen LogP contribution is 2.50. The largest absolute Gasteiger partial charge is 0.497 e. The lowest BCUT2D eigenvalue weighted by molar-refractivity contribution is -0.172. The van der Waals surface area contributed by atoms with Gasteiger partial charge >= 0.3 is 10.3 Å². The Balaban J connectivity index is 0.875. The van der Waals surface area contributed by atoms with Crippen molar-refractivity contribution in [3.05, 3.63) is 193 Å². The first-order valence-corrected chi connectivity index (χ1v) is 27.2. The highest BCUT2D eigenvalue weighted by molar-refractivity contribution is 7.84. The molecule has 0 radical (unpaired) electrons. The summed E-state index contributed by atoms with van der Waals surface area (Å²) < 4.78 is 97.0. The van der Waals surface area contributed by atoms with E-state index in [9.17, 15) is 18.0 Å². The zero-order valence-corrected chi connectivity index (χ0v) is 44.4. The number of amides is 2. The number of benzene rings is 5. The molecule has 3 aliphatic heterocycles. The van der Waals surface area contributed by atoms with Gasteiger partial charge in [0.1, 0.15) is 59.8 Å². The second-order valence-electron chi connectivity index (χ2n) is 19.4. The number of anilines is 2. The molecule has 3 fully saturated rings. The second-order valence-corrected chi connectivity index (χ2v) is 20.7. The van der Waals surface area contributed by atoms with E-state index < -0.39 is 82.9 Å². The summed E-state index contributed by atoms with van der Waals surface area (Å²) in [5.41, 5.74) is 0.405. The fraction of sp³-hybridized carbons (Fsp3) is 0.263. The van der Waals surface area contributed by atoms with Crippen molar-refractivity contribution < 1.29 is 55.0 Å². The Labute approximate surface area is 462 Å². The summed E-state index contributed by atoms with van der Waals surface area (Å²) in [7, 11) is -1.69. The van der Waals surface area contributed by atoms with Gasteiger partial charge in [-0.25, -0.2) is 38.5 Å². The van der Waals surface area contributed by atoms with Crippen LogP contribution in [0.1, 0.15) is 63.2 Å². The fourth-order valence-electron chi connectivity index (χ4n) is 10.7. The molecule has 12 rings (SSSR count). The van der Waals surface area contributed by atoms with Crippen molar-refractivity contribution in [1.29, 1.82) is 0 Å². The van der Waals surface area contributed by atoms with E-state index in [0.717, 1.165) is 0 Å². The molecule has 2 bridgehead atoms. The Hall–Kier alpha value is -8.62. The smallest absolute Gasteiger partial charge is 0.336 e. The summed E-state index contributed by atoms with van der Waals surface area (Å²) in [6.07, 6.45) is -4.25. The standard InChI is InChI=1S/C57H52FN11O11S/c1-4-56-29-76-46(55(79-56)69-33-64-44-49(60-31-62-51(44)69)67-53(71)35-16-10-6-11-17-35)47(56)80-81(72,73)65-28-41-45(42(58)54(77-41)68-32-63-43-48(59-30-61-50(43)68)66-52(70)34-14-8-5-9-15-34)78-57(36-18-12-7-13-19-36,37-20-24-39(74-2)25-21-37)38-22-26-40(75-3)27-23-38/h5-27,30-33,41-42,45-47,54-55,65H,4,28-29H2,1-3H3,(H,59,61,66,70)(H,60,62,67,71)/t41-,42-,45-,46-,47+,54-,55-,56+/m1/s1. The predicted octanol–water partition coefficient (Wildman–Crippen LogP) is 7.10. The Morgan fingerprint density at radius 3 is 1.68 bits per heavy atom. The van der Waals surface area contributed by atoms with E-state index in [1.807, 2.05) is 61.5 Å². The zero-order chi connectivity index (χ0) is 55.9. The second kappa shape index (κ2) is 21.8. The summed E-state index contributed by atoms with van der Waals surface area (Å²) >= 11 is 0. The number of ether oxygens (including phenoxy) is 6. The van der Waals surface area contributed by atoms with Crippen LogP contribution in [-0.2, 0) is 39.0 Å². The molecule has 24 heteroatoms. The van der Waals surface area contributed by atoms with Crippen molar-refractivity contribution >= 4 is 56.1 Å². The number of alkyl halides is 1. The number of hydrogen-bond acceptors (Lipinski definition) is 17. The van der Waals surface area contributed by atoms with Gasteiger partial charge in [-0.2, -0.15) is 13.1 Å². The lowest BCUT2D eigenvalue weighted by atomic mass is 9.79. The van der Waals surface area contributed by atoms with Crippen LogP contribution in [0, 0.1) is 0 Å². The molecule has 81 heavy (non-hydrogen) atoms. The fourth-order valence-corrected chi connectivity index (χ4v) is 11.7. The third kappa shape index (κ3) is 9.79. The molecular formula is C57H52FN11O11S. The van der Waals surface area contributed by atoms with Crippen molar-refractivity contribution in [3.8, 4) is 11.5 Å². The van der Waals surface area contributed by atoms with Crippen LogP contribution in [0.15, 0.2) is 165 Å². The van der Waals surface area contributed by atoms with Crippen molar-refractivity contribution in [2.24, 2.45) is 0 Å². The third-order valence-corrected chi connectivity index (χ3v) is 15.8. The number of nitrogens with zero attached hydrogens (tertiary/aromatic N) is 8. The monoisotopic (exact) mass is 1120 g/mol. The van der Waals surface area contributed by atoms with Gasteiger partial charge in [-0.05, 0) is 71.6 Å². The number of rotatable bonds is 19. The number of hydrogen-bond donors (Lipinski definition) is 3. The highest BCUT2D eigenvalue weighted by atomic mass is 32.2. The number of fused-ring (bicyclic) bond motifs is 4. The summed E-state index contributed by atoms with van der Waals surface area (Å²) in [6, 6.07) is 40.6. The van der Waals surface area contributed by atoms with Gasteiger partial charge in [0.05, 0.1) is 33.5 Å². The van der Waals surface area contributed by atoms with Crippen LogP contribution in [-0.4, -0.2) is 123 Å². The number of nitrogens with one attached hydrogen (secondary N) is 3. The average molecular weight is 1120 g/mol. The Morgan fingerprint density at radius 1 is 0.679 bits per heavy atom. The maximum atomic E-state index is 18.3. The summed E-state index contributed by atoms with van der Waals surface area (Å²) in [5, 5.41) is 5.57. The van der Waals surface area contributed by atoms with E-state index in [0.29, 0.717) is 39.3 Å². The first kappa shape index (κ1) is 53.0. The van der Waals surface area contributed by atoms with E-state index in [1.165, 1.54) is 29.9 Å². The molecule has 0 aliphatic carbocycles. The van der Waals surface area contributed by atoms with Gasteiger partial charge in [0.25, 0.3) is 11.8 Å². The van der Waals surface area contributed by atoms with Crippen molar-refractivity contribution in [3.63, 3.8) is 0 Å². The minimum Gasteiger partial charge on any atom is -0.497 e. The number of methoxy groups -OCH3 is 2. The van der Waals surface area contributed by atoms with Gasteiger partial charge in [-0.1, -0.05) is 97.9 Å². The molecular weight excluding hydrogens is 1070 g/mol. The van der Waals surface area contributed by atoms with Gasteiger partial charge in [0.15, 0.2) is 52.6 Å². The van der Waals surface area contributed by atoms with E-state index in [1.54, 1.807) is 104 Å². The van der Waals surface area contributed by atoms with E-state index in [4.69, 9.17) is 32.6 Å². The minimum absolute atomic E-state index is 0.00390. The van der Waals surface area contributed by atoms with Crippen molar-refractivity contribution in [2.75, 3.05) is 38.0 Å². The summed E-state index contributed by atoms with van der Waals surface area (Å²) in [4.78, 5) is 52.9. The first-order valence-electron chi connectivity index (χ1n) is 25.8. The lowest BCUT2D eigenvalue weighted by Crippen LogP contribution is -2.48. The molecule has 0 saturated carbocycles. The predicted molar refractivity (Wildman–Crippen MR) is 290 cm³/mol. The van der Waals surface area contributed by atoms with Crippen LogP contribution < -0.4 is 24.8 Å². The Morgan fingerprint density at radius 2 is 1.17 bits per heavy atom. The minimum atomic E-state index is -4.78. The van der Waals surface area contributed by atoms with Crippen LogP contribution >= 0.6 is 0 Å². The Kier molecular flexibility index (Phi) is 14.3. The molecule has 22 nitrogen and oxygen atoms in total. The van der Waals surface area contributed by atoms with Gasteiger partial charge in [0.2, 0.25) is 0 Å². The lowest BCUT2D eigenvalue weighted by Gasteiger charge is -2.39. The maximum absolute atomic E-state index is 18.3. The van der Waals surface area contributed by atoms with Crippen molar-refractivity contribution in [2.45, 2.75) is 67.6 Å². The van der Waals surface area contributed by atoms with E-state index in [2.05, 4.69) is 45.3 Å². The molecule has 3 aliphatic rings. The molecule has 414 valence electrons. The van der Waals surface area contributed by atoms with Crippen molar-refractivity contribution in [1.82, 2.24) is 43.8 Å². The molecule has 5 aromatic carbocycles. The SMILES string of the molecule is CC[C@@]12CO[C@@H]([C@H](n3cnc4c(NC(=O)c5ccccc5)ncnc43)O1)[C@@H]2OS(=O)(=O)NC[C@H]1O[C@@H](n2cnc3c(NC(=O)c4ccccc4)ncnc32)[C@H](F)[C@@H]1OC(c1ccccc1)(c1ccc(OC)cc1)c1ccc(OC)cc1. The molecule has 2 amide bonds. The number of halogens is 1. The van der Waals surface area contributed by atoms with Crippen LogP contribution in [0.3, 0.4) is 0 Å². The normalized spacial score (nSPS) is 22.5. The number of carbonyl (C=O) groups is 2.